The molecule has 2 N–H and O–H groups in total. The van der Waals surface area contributed by atoms with E-state index in [2.05, 4.69) is 4.72 Å². The smallest absolute Gasteiger partial charge is 0.322 e. The van der Waals surface area contributed by atoms with E-state index in [4.69, 9.17) is 5.11 Å². The first-order valence-electron chi connectivity index (χ1n) is 6.95. The Labute approximate surface area is 124 Å². The molecule has 2 rings (SSSR count). The van der Waals surface area contributed by atoms with Crippen LogP contribution in [0.4, 0.5) is 0 Å². The van der Waals surface area contributed by atoms with Crippen molar-refractivity contribution in [1.82, 2.24) is 9.03 Å². The minimum absolute atomic E-state index is 0.0842. The molecule has 0 spiro atoms. The van der Waals surface area contributed by atoms with Gasteiger partial charge in [0.1, 0.15) is 6.04 Å². The first-order chi connectivity index (χ1) is 9.74. The maximum Gasteiger partial charge on any atom is 0.322 e. The van der Waals surface area contributed by atoms with E-state index in [0.717, 1.165) is 4.31 Å². The minimum Gasteiger partial charge on any atom is -0.480 e. The van der Waals surface area contributed by atoms with Crippen molar-refractivity contribution in [3.8, 4) is 0 Å². The molecule has 2 heterocycles. The van der Waals surface area contributed by atoms with Crippen molar-refractivity contribution in [2.24, 2.45) is 0 Å². The van der Waals surface area contributed by atoms with E-state index in [1.807, 2.05) is 0 Å². The molecule has 10 heteroatoms. The summed E-state index contributed by atoms with van der Waals surface area (Å²) >= 11 is 0. The van der Waals surface area contributed by atoms with Crippen molar-refractivity contribution in [3.05, 3.63) is 0 Å². The van der Waals surface area contributed by atoms with E-state index in [9.17, 15) is 21.6 Å². The van der Waals surface area contributed by atoms with Gasteiger partial charge in [0.05, 0.1) is 11.0 Å². The molecule has 0 bridgehead atoms. The molecule has 0 amide bonds. The topological polar surface area (TPSA) is 121 Å². The summed E-state index contributed by atoms with van der Waals surface area (Å²) in [5.74, 6) is -1.09. The van der Waals surface area contributed by atoms with Gasteiger partial charge in [-0.15, -0.1) is 0 Å². The van der Waals surface area contributed by atoms with Gasteiger partial charge >= 0.3 is 5.97 Å². The number of piperidine rings is 1. The quantitative estimate of drug-likeness (QED) is 0.685. The van der Waals surface area contributed by atoms with Gasteiger partial charge in [0.15, 0.2) is 9.84 Å². The molecular weight excluding hydrogens is 320 g/mol. The fourth-order valence-corrected chi connectivity index (χ4v) is 6.16. The molecule has 122 valence electrons. The number of nitrogens with one attached hydrogen (secondary N) is 1. The van der Waals surface area contributed by atoms with Crippen LogP contribution in [0.3, 0.4) is 0 Å². The lowest BCUT2D eigenvalue weighted by Crippen LogP contribution is -2.53. The van der Waals surface area contributed by atoms with Crippen molar-refractivity contribution < 1.29 is 26.7 Å². The van der Waals surface area contributed by atoms with E-state index in [-0.39, 0.29) is 25.3 Å². The molecule has 2 aliphatic heterocycles. The highest BCUT2D eigenvalue weighted by Gasteiger charge is 2.38. The molecule has 2 fully saturated rings. The lowest BCUT2D eigenvalue weighted by Gasteiger charge is -2.32. The van der Waals surface area contributed by atoms with Crippen LogP contribution in [0.1, 0.15) is 32.1 Å². The zero-order valence-electron chi connectivity index (χ0n) is 11.6. The zero-order valence-corrected chi connectivity index (χ0v) is 13.2. The van der Waals surface area contributed by atoms with E-state index in [0.29, 0.717) is 25.7 Å². The van der Waals surface area contributed by atoms with Crippen LogP contribution < -0.4 is 4.72 Å². The maximum absolute atomic E-state index is 12.2. The zero-order chi connectivity index (χ0) is 15.7. The van der Waals surface area contributed by atoms with Gasteiger partial charge in [-0.2, -0.15) is 12.7 Å². The SMILES string of the molecule is O=C(O)C1CCCCN1S(=O)(=O)NCC1CCCS1(=O)=O. The molecule has 0 aromatic carbocycles. The van der Waals surface area contributed by atoms with Gasteiger partial charge in [0.25, 0.3) is 10.2 Å². The van der Waals surface area contributed by atoms with Crippen LogP contribution in [-0.2, 0) is 24.8 Å². The van der Waals surface area contributed by atoms with Crippen molar-refractivity contribution in [2.75, 3.05) is 18.8 Å². The van der Waals surface area contributed by atoms with Gasteiger partial charge in [-0.1, -0.05) is 0 Å². The van der Waals surface area contributed by atoms with E-state index in [1.54, 1.807) is 0 Å². The van der Waals surface area contributed by atoms with Gasteiger partial charge in [-0.05, 0) is 32.1 Å². The largest absolute Gasteiger partial charge is 0.480 e. The van der Waals surface area contributed by atoms with E-state index in [1.165, 1.54) is 0 Å². The van der Waals surface area contributed by atoms with Crippen LogP contribution in [0.2, 0.25) is 0 Å². The van der Waals surface area contributed by atoms with Crippen molar-refractivity contribution in [1.29, 1.82) is 0 Å². The highest BCUT2D eigenvalue weighted by atomic mass is 32.2. The number of carboxylic acids is 1. The van der Waals surface area contributed by atoms with E-state index >= 15 is 0 Å². The first kappa shape index (κ1) is 16.7. The molecule has 8 nitrogen and oxygen atoms in total. The lowest BCUT2D eigenvalue weighted by molar-refractivity contribution is -0.142. The van der Waals surface area contributed by atoms with Crippen molar-refractivity contribution in [3.63, 3.8) is 0 Å². The fourth-order valence-electron chi connectivity index (χ4n) is 2.81. The normalized spacial score (nSPS) is 30.3. The van der Waals surface area contributed by atoms with Gasteiger partial charge in [0.2, 0.25) is 0 Å². The first-order valence-corrected chi connectivity index (χ1v) is 10.1. The Balaban J connectivity index is 2.05. The number of carboxylic acid groups (broad SMARTS) is 1. The fraction of sp³-hybridized carbons (Fsp3) is 0.909. The second-order valence-corrected chi connectivity index (χ2v) is 9.55. The molecule has 0 aromatic rings. The molecular formula is C11H20N2O6S2. The Kier molecular flexibility index (Phi) is 4.91. The third-order valence-electron chi connectivity index (χ3n) is 4.00. The summed E-state index contributed by atoms with van der Waals surface area (Å²) in [6, 6.07) is -1.07. The maximum atomic E-state index is 12.2. The van der Waals surface area contributed by atoms with Crippen LogP contribution in [-0.4, -0.2) is 62.4 Å². The van der Waals surface area contributed by atoms with Crippen LogP contribution in [0, 0.1) is 0 Å². The Morgan fingerprint density at radius 3 is 2.52 bits per heavy atom. The number of nitrogens with zero attached hydrogens (tertiary/aromatic N) is 1. The van der Waals surface area contributed by atoms with Gasteiger partial charge in [-0.3, -0.25) is 4.79 Å². The minimum atomic E-state index is -3.98. The summed E-state index contributed by atoms with van der Waals surface area (Å²) < 4.78 is 51.0. The van der Waals surface area contributed by atoms with Crippen LogP contribution in [0.25, 0.3) is 0 Å². The molecule has 0 saturated carbocycles. The predicted molar refractivity (Wildman–Crippen MR) is 75.7 cm³/mol. The monoisotopic (exact) mass is 340 g/mol. The molecule has 2 atom stereocenters. The molecule has 0 radical (unpaired) electrons. The summed E-state index contributed by atoms with van der Waals surface area (Å²) in [4.78, 5) is 11.1. The molecule has 21 heavy (non-hydrogen) atoms. The number of rotatable bonds is 5. The number of carbonyl (C=O) groups is 1. The molecule has 2 aliphatic rings. The summed E-state index contributed by atoms with van der Waals surface area (Å²) in [5, 5.41) is 8.40. The Bertz CT molecular complexity index is 600. The number of aliphatic carboxylic acids is 1. The highest BCUT2D eigenvalue weighted by Crippen LogP contribution is 2.22. The molecule has 0 aliphatic carbocycles. The number of hydrogen-bond donors (Lipinski definition) is 2. The molecule has 0 aromatic heterocycles. The number of hydrogen-bond acceptors (Lipinski definition) is 5. The summed E-state index contributed by atoms with van der Waals surface area (Å²) in [6.45, 7) is -0.0444. The van der Waals surface area contributed by atoms with Crippen LogP contribution in [0.15, 0.2) is 0 Å². The van der Waals surface area contributed by atoms with Crippen molar-refractivity contribution >= 4 is 26.0 Å². The average Bonchev–Trinajstić information content (AvgIpc) is 2.75. The van der Waals surface area contributed by atoms with Crippen molar-refractivity contribution in [2.45, 2.75) is 43.4 Å². The second kappa shape index (κ2) is 6.19. The second-order valence-electron chi connectivity index (χ2n) is 5.45. The Hall–Kier alpha value is -0.710. The Morgan fingerprint density at radius 2 is 1.95 bits per heavy atom. The predicted octanol–water partition coefficient (Wildman–Crippen LogP) is -0.663. The summed E-state index contributed by atoms with van der Waals surface area (Å²) in [5.41, 5.74) is 0. The highest BCUT2D eigenvalue weighted by molar-refractivity contribution is 7.92. The third-order valence-corrected chi connectivity index (χ3v) is 7.87. The summed E-state index contributed by atoms with van der Waals surface area (Å²) in [7, 11) is -7.21. The summed E-state index contributed by atoms with van der Waals surface area (Å²) in [6.07, 6.45) is 2.52. The molecule has 2 saturated heterocycles. The van der Waals surface area contributed by atoms with Crippen LogP contribution in [0.5, 0.6) is 0 Å². The van der Waals surface area contributed by atoms with Gasteiger partial charge in [-0.25, -0.2) is 13.1 Å². The Morgan fingerprint density at radius 1 is 1.24 bits per heavy atom. The third kappa shape index (κ3) is 3.74. The lowest BCUT2D eigenvalue weighted by atomic mass is 10.1. The average molecular weight is 340 g/mol. The van der Waals surface area contributed by atoms with Gasteiger partial charge in [0, 0.05) is 13.1 Å². The standard InChI is InChI=1S/C11H20N2O6S2/c14-11(15)10-5-1-2-6-13(10)21(18,19)12-8-9-4-3-7-20(9,16)17/h9-10,12H,1-8H2,(H,14,15). The van der Waals surface area contributed by atoms with Gasteiger partial charge < -0.3 is 5.11 Å². The van der Waals surface area contributed by atoms with Crippen LogP contribution >= 0.6 is 0 Å². The molecule has 2 unspecified atom stereocenters. The van der Waals surface area contributed by atoms with E-state index < -0.39 is 37.3 Å². The number of sulfone groups is 1.